The standard InChI is InChI=1S/C13H26N2/c1-3-12-5-4-6-13(12)14-9-11-7-8-15(2)10-11/h11-14H,3-10H2,1-2H3. The molecule has 0 spiro atoms. The predicted molar refractivity (Wildman–Crippen MR) is 65.0 cm³/mol. The van der Waals surface area contributed by atoms with Gasteiger partial charge >= 0.3 is 0 Å². The Kier molecular flexibility index (Phi) is 4.04. The molecule has 15 heavy (non-hydrogen) atoms. The second kappa shape index (κ2) is 5.31. The van der Waals surface area contributed by atoms with E-state index in [2.05, 4.69) is 24.2 Å². The Balaban J connectivity index is 1.68. The average Bonchev–Trinajstić information content (AvgIpc) is 2.83. The van der Waals surface area contributed by atoms with Crippen LogP contribution in [0.3, 0.4) is 0 Å². The van der Waals surface area contributed by atoms with Gasteiger partial charge in [0.25, 0.3) is 0 Å². The van der Waals surface area contributed by atoms with Crippen molar-refractivity contribution in [2.75, 3.05) is 26.7 Å². The van der Waals surface area contributed by atoms with Crippen molar-refractivity contribution in [2.24, 2.45) is 11.8 Å². The number of nitrogens with one attached hydrogen (secondary N) is 1. The maximum Gasteiger partial charge on any atom is 0.00953 e. The molecule has 1 aliphatic heterocycles. The minimum atomic E-state index is 0.834. The Labute approximate surface area is 94.4 Å². The van der Waals surface area contributed by atoms with Gasteiger partial charge in [-0.2, -0.15) is 0 Å². The van der Waals surface area contributed by atoms with Gasteiger partial charge in [0.05, 0.1) is 0 Å². The fraction of sp³-hybridized carbons (Fsp3) is 1.00. The highest BCUT2D eigenvalue weighted by atomic mass is 15.1. The van der Waals surface area contributed by atoms with Gasteiger partial charge in [0.1, 0.15) is 0 Å². The quantitative estimate of drug-likeness (QED) is 0.764. The van der Waals surface area contributed by atoms with Crippen LogP contribution in [0, 0.1) is 11.8 Å². The third kappa shape index (κ3) is 2.94. The molecule has 2 heteroatoms. The van der Waals surface area contributed by atoms with E-state index >= 15 is 0 Å². The minimum Gasteiger partial charge on any atom is -0.313 e. The van der Waals surface area contributed by atoms with Gasteiger partial charge in [-0.3, -0.25) is 0 Å². The van der Waals surface area contributed by atoms with Gasteiger partial charge in [0.2, 0.25) is 0 Å². The molecule has 2 fully saturated rings. The molecular formula is C13H26N2. The summed E-state index contributed by atoms with van der Waals surface area (Å²) in [5, 5.41) is 3.82. The maximum absolute atomic E-state index is 3.82. The van der Waals surface area contributed by atoms with Crippen molar-refractivity contribution in [2.45, 2.75) is 45.1 Å². The summed E-state index contributed by atoms with van der Waals surface area (Å²) in [5.41, 5.74) is 0. The van der Waals surface area contributed by atoms with Crippen LogP contribution >= 0.6 is 0 Å². The highest BCUT2D eigenvalue weighted by Gasteiger charge is 2.27. The molecule has 1 aliphatic carbocycles. The molecule has 3 unspecified atom stereocenters. The Morgan fingerprint density at radius 2 is 2.13 bits per heavy atom. The van der Waals surface area contributed by atoms with Crippen molar-refractivity contribution >= 4 is 0 Å². The summed E-state index contributed by atoms with van der Waals surface area (Å²) in [6, 6.07) is 0.834. The zero-order chi connectivity index (χ0) is 10.7. The molecule has 1 N–H and O–H groups in total. The smallest absolute Gasteiger partial charge is 0.00953 e. The molecule has 0 radical (unpaired) electrons. The van der Waals surface area contributed by atoms with Crippen molar-refractivity contribution in [1.82, 2.24) is 10.2 Å². The largest absolute Gasteiger partial charge is 0.313 e. The lowest BCUT2D eigenvalue weighted by Crippen LogP contribution is -2.36. The van der Waals surface area contributed by atoms with E-state index in [4.69, 9.17) is 0 Å². The molecule has 0 aromatic heterocycles. The van der Waals surface area contributed by atoms with Gasteiger partial charge in [0.15, 0.2) is 0 Å². The van der Waals surface area contributed by atoms with E-state index in [1.807, 2.05) is 0 Å². The lowest BCUT2D eigenvalue weighted by atomic mass is 10.00. The van der Waals surface area contributed by atoms with Crippen LogP contribution in [0.2, 0.25) is 0 Å². The highest BCUT2D eigenvalue weighted by molar-refractivity contribution is 4.84. The number of nitrogens with zero attached hydrogens (tertiary/aromatic N) is 1. The Hall–Kier alpha value is -0.0800. The Morgan fingerprint density at radius 1 is 1.27 bits per heavy atom. The van der Waals surface area contributed by atoms with Crippen LogP contribution in [0.15, 0.2) is 0 Å². The topological polar surface area (TPSA) is 15.3 Å². The van der Waals surface area contributed by atoms with Gasteiger partial charge in [0, 0.05) is 12.6 Å². The maximum atomic E-state index is 3.82. The first-order valence-corrected chi connectivity index (χ1v) is 6.71. The molecule has 0 bridgehead atoms. The van der Waals surface area contributed by atoms with E-state index in [0.717, 1.165) is 17.9 Å². The molecule has 2 aliphatic rings. The molecule has 2 nitrogen and oxygen atoms in total. The minimum absolute atomic E-state index is 0.834. The van der Waals surface area contributed by atoms with Crippen LogP contribution in [0.4, 0.5) is 0 Å². The molecule has 0 amide bonds. The Bertz CT molecular complexity index is 193. The van der Waals surface area contributed by atoms with Crippen molar-refractivity contribution in [1.29, 1.82) is 0 Å². The summed E-state index contributed by atoms with van der Waals surface area (Å²) in [5.74, 6) is 1.87. The van der Waals surface area contributed by atoms with E-state index in [0.29, 0.717) is 0 Å². The van der Waals surface area contributed by atoms with Gasteiger partial charge in [-0.1, -0.05) is 19.8 Å². The fourth-order valence-corrected chi connectivity index (χ4v) is 3.31. The highest BCUT2D eigenvalue weighted by Crippen LogP contribution is 2.28. The summed E-state index contributed by atoms with van der Waals surface area (Å²) in [4.78, 5) is 2.46. The lowest BCUT2D eigenvalue weighted by molar-refractivity contribution is 0.346. The monoisotopic (exact) mass is 210 g/mol. The summed E-state index contributed by atoms with van der Waals surface area (Å²) >= 11 is 0. The van der Waals surface area contributed by atoms with E-state index < -0.39 is 0 Å². The SMILES string of the molecule is CCC1CCCC1NCC1CCN(C)C1. The lowest BCUT2D eigenvalue weighted by Gasteiger charge is -2.21. The number of likely N-dealkylation sites (tertiary alicyclic amines) is 1. The van der Waals surface area contributed by atoms with Crippen molar-refractivity contribution < 1.29 is 0 Å². The van der Waals surface area contributed by atoms with Crippen LogP contribution < -0.4 is 5.32 Å². The molecule has 1 saturated heterocycles. The van der Waals surface area contributed by atoms with Crippen LogP contribution in [0.5, 0.6) is 0 Å². The normalized spacial score (nSPS) is 37.6. The van der Waals surface area contributed by atoms with Crippen LogP contribution in [0.25, 0.3) is 0 Å². The van der Waals surface area contributed by atoms with Crippen LogP contribution in [0.1, 0.15) is 39.0 Å². The number of hydrogen-bond acceptors (Lipinski definition) is 2. The second-order valence-corrected chi connectivity index (χ2v) is 5.53. The predicted octanol–water partition coefficient (Wildman–Crippen LogP) is 2.11. The van der Waals surface area contributed by atoms with E-state index in [1.165, 1.54) is 51.7 Å². The van der Waals surface area contributed by atoms with Crippen molar-refractivity contribution in [3.05, 3.63) is 0 Å². The summed E-state index contributed by atoms with van der Waals surface area (Å²) in [6.45, 7) is 6.20. The zero-order valence-corrected chi connectivity index (χ0v) is 10.3. The molecule has 3 atom stereocenters. The summed E-state index contributed by atoms with van der Waals surface area (Å²) in [7, 11) is 2.24. The number of hydrogen-bond donors (Lipinski definition) is 1. The first-order chi connectivity index (χ1) is 7.29. The fourth-order valence-electron chi connectivity index (χ4n) is 3.31. The van der Waals surface area contributed by atoms with Gasteiger partial charge in [-0.15, -0.1) is 0 Å². The summed E-state index contributed by atoms with van der Waals surface area (Å²) in [6.07, 6.45) is 7.08. The average molecular weight is 210 g/mol. The van der Waals surface area contributed by atoms with Gasteiger partial charge in [-0.25, -0.2) is 0 Å². The first kappa shape index (κ1) is 11.4. The van der Waals surface area contributed by atoms with Crippen LogP contribution in [-0.4, -0.2) is 37.6 Å². The Morgan fingerprint density at radius 3 is 2.80 bits per heavy atom. The van der Waals surface area contributed by atoms with Crippen molar-refractivity contribution in [3.63, 3.8) is 0 Å². The molecule has 2 rings (SSSR count). The van der Waals surface area contributed by atoms with E-state index in [1.54, 1.807) is 0 Å². The molecular weight excluding hydrogens is 184 g/mol. The van der Waals surface area contributed by atoms with Crippen LogP contribution in [-0.2, 0) is 0 Å². The van der Waals surface area contributed by atoms with Gasteiger partial charge in [-0.05, 0) is 51.2 Å². The third-order valence-electron chi connectivity index (χ3n) is 4.34. The van der Waals surface area contributed by atoms with Crippen molar-refractivity contribution in [3.8, 4) is 0 Å². The molecule has 0 aromatic rings. The molecule has 0 aromatic carbocycles. The van der Waals surface area contributed by atoms with E-state index in [9.17, 15) is 0 Å². The zero-order valence-electron chi connectivity index (χ0n) is 10.3. The number of rotatable bonds is 4. The summed E-state index contributed by atoms with van der Waals surface area (Å²) < 4.78 is 0. The second-order valence-electron chi connectivity index (χ2n) is 5.53. The molecule has 1 saturated carbocycles. The molecule has 1 heterocycles. The third-order valence-corrected chi connectivity index (χ3v) is 4.34. The van der Waals surface area contributed by atoms with Gasteiger partial charge < -0.3 is 10.2 Å². The van der Waals surface area contributed by atoms with E-state index in [-0.39, 0.29) is 0 Å². The molecule has 88 valence electrons. The first-order valence-electron chi connectivity index (χ1n) is 6.71.